The summed E-state index contributed by atoms with van der Waals surface area (Å²) in [5.74, 6) is 0.0229. The molecule has 3 aromatic rings. The lowest BCUT2D eigenvalue weighted by Crippen LogP contribution is -2.49. The van der Waals surface area contributed by atoms with Crippen molar-refractivity contribution in [3.8, 4) is 0 Å². The number of thiophene rings is 1. The summed E-state index contributed by atoms with van der Waals surface area (Å²) >= 11 is 7.74. The summed E-state index contributed by atoms with van der Waals surface area (Å²) in [6.07, 6.45) is 2.56. The maximum Gasteiger partial charge on any atom is 0.251 e. The third kappa shape index (κ3) is 7.16. The van der Waals surface area contributed by atoms with Crippen LogP contribution in [0.2, 0.25) is 5.02 Å². The lowest BCUT2D eigenvalue weighted by atomic mass is 9.96. The number of carbonyl (C=O) groups is 2. The Morgan fingerprint density at radius 3 is 2.41 bits per heavy atom. The van der Waals surface area contributed by atoms with Crippen LogP contribution in [-0.2, 0) is 17.8 Å². The molecule has 1 aliphatic rings. The molecule has 4 rings (SSSR count). The van der Waals surface area contributed by atoms with Gasteiger partial charge in [-0.25, -0.2) is 0 Å². The van der Waals surface area contributed by atoms with E-state index in [1.165, 1.54) is 4.88 Å². The van der Waals surface area contributed by atoms with Gasteiger partial charge in [0, 0.05) is 35.0 Å². The van der Waals surface area contributed by atoms with E-state index in [-0.39, 0.29) is 11.8 Å². The fraction of sp³-hybridized carbons (Fsp3) is 0.333. The molecule has 1 saturated heterocycles. The van der Waals surface area contributed by atoms with Crippen LogP contribution >= 0.6 is 22.9 Å². The van der Waals surface area contributed by atoms with E-state index >= 15 is 0 Å². The second-order valence-electron chi connectivity index (χ2n) is 8.77. The predicted octanol–water partition coefficient (Wildman–Crippen LogP) is 4.77. The molecule has 2 aromatic carbocycles. The monoisotopic (exact) mass is 495 g/mol. The van der Waals surface area contributed by atoms with Gasteiger partial charge in [-0.05, 0) is 73.1 Å². The average Bonchev–Trinajstić information content (AvgIpc) is 3.37. The summed E-state index contributed by atoms with van der Waals surface area (Å²) in [4.78, 5) is 29.8. The SMILES string of the molecule is O=C(NC(Cc1ccccc1)C(=O)NCC1CCN(Cc2cccs2)CC1)c1ccc(Cl)cc1. The standard InChI is InChI=1S/C27H30ClN3O2S/c28-23-10-8-22(9-11-23)26(32)30-25(17-20-5-2-1-3-6-20)27(33)29-18-21-12-14-31(15-13-21)19-24-7-4-16-34-24/h1-11,16,21,25H,12-15,17-19H2,(H,29,33)(H,30,32). The van der Waals surface area contributed by atoms with E-state index in [9.17, 15) is 9.59 Å². The predicted molar refractivity (Wildman–Crippen MR) is 138 cm³/mol. The van der Waals surface area contributed by atoms with Gasteiger partial charge in [0.05, 0.1) is 0 Å². The Labute approximate surface area is 210 Å². The fourth-order valence-corrected chi connectivity index (χ4v) is 5.11. The van der Waals surface area contributed by atoms with Crippen molar-refractivity contribution >= 4 is 34.8 Å². The Kier molecular flexibility index (Phi) is 8.74. The van der Waals surface area contributed by atoms with Gasteiger partial charge in [0.15, 0.2) is 0 Å². The molecule has 1 unspecified atom stereocenters. The molecule has 1 aromatic heterocycles. The van der Waals surface area contributed by atoms with Crippen molar-refractivity contribution in [2.75, 3.05) is 19.6 Å². The average molecular weight is 496 g/mol. The van der Waals surface area contributed by atoms with Crippen molar-refractivity contribution < 1.29 is 9.59 Å². The number of carbonyl (C=O) groups excluding carboxylic acids is 2. The highest BCUT2D eigenvalue weighted by Crippen LogP contribution is 2.20. The van der Waals surface area contributed by atoms with E-state index < -0.39 is 6.04 Å². The van der Waals surface area contributed by atoms with Gasteiger partial charge in [0.2, 0.25) is 5.91 Å². The molecule has 0 spiro atoms. The largest absolute Gasteiger partial charge is 0.354 e. The van der Waals surface area contributed by atoms with Gasteiger partial charge in [-0.3, -0.25) is 14.5 Å². The molecule has 2 amide bonds. The topological polar surface area (TPSA) is 61.4 Å². The minimum atomic E-state index is -0.649. The molecule has 0 saturated carbocycles. The Bertz CT molecular complexity index is 1050. The van der Waals surface area contributed by atoms with Crippen LogP contribution < -0.4 is 10.6 Å². The molecule has 1 atom stereocenters. The number of benzene rings is 2. The number of hydrogen-bond donors (Lipinski definition) is 2. The molecule has 2 heterocycles. The van der Waals surface area contributed by atoms with Crippen LogP contribution in [0, 0.1) is 5.92 Å². The highest BCUT2D eigenvalue weighted by Gasteiger charge is 2.24. The zero-order chi connectivity index (χ0) is 23.8. The summed E-state index contributed by atoms with van der Waals surface area (Å²) in [5, 5.41) is 8.71. The lowest BCUT2D eigenvalue weighted by molar-refractivity contribution is -0.123. The number of amides is 2. The highest BCUT2D eigenvalue weighted by atomic mass is 35.5. The number of likely N-dealkylation sites (tertiary alicyclic amines) is 1. The van der Waals surface area contributed by atoms with E-state index in [1.54, 1.807) is 35.6 Å². The Morgan fingerprint density at radius 2 is 1.74 bits per heavy atom. The normalized spacial score (nSPS) is 15.6. The summed E-state index contributed by atoms with van der Waals surface area (Å²) in [6.45, 7) is 3.72. The minimum Gasteiger partial charge on any atom is -0.354 e. The first-order valence-corrected chi connectivity index (χ1v) is 13.0. The van der Waals surface area contributed by atoms with Crippen molar-refractivity contribution in [1.82, 2.24) is 15.5 Å². The Balaban J connectivity index is 1.31. The van der Waals surface area contributed by atoms with Crippen molar-refractivity contribution in [3.05, 3.63) is 93.1 Å². The van der Waals surface area contributed by atoms with Gasteiger partial charge in [-0.1, -0.05) is 48.0 Å². The van der Waals surface area contributed by atoms with Crippen LogP contribution in [0.5, 0.6) is 0 Å². The fourth-order valence-electron chi connectivity index (χ4n) is 4.24. The van der Waals surface area contributed by atoms with Gasteiger partial charge < -0.3 is 10.6 Å². The van der Waals surface area contributed by atoms with E-state index in [0.717, 1.165) is 38.0 Å². The molecular formula is C27H30ClN3O2S. The Morgan fingerprint density at radius 1 is 1.00 bits per heavy atom. The third-order valence-electron chi connectivity index (χ3n) is 6.24. The second kappa shape index (κ2) is 12.2. The van der Waals surface area contributed by atoms with Gasteiger partial charge in [-0.15, -0.1) is 11.3 Å². The van der Waals surface area contributed by atoms with Gasteiger partial charge >= 0.3 is 0 Å². The molecular weight excluding hydrogens is 466 g/mol. The van der Waals surface area contributed by atoms with Crippen molar-refractivity contribution in [2.45, 2.75) is 31.8 Å². The first kappa shape index (κ1) is 24.5. The number of piperidine rings is 1. The molecule has 0 radical (unpaired) electrons. The summed E-state index contributed by atoms with van der Waals surface area (Å²) in [7, 11) is 0. The van der Waals surface area contributed by atoms with Crippen LogP contribution in [0.4, 0.5) is 0 Å². The molecule has 2 N–H and O–H groups in total. The summed E-state index contributed by atoms with van der Waals surface area (Å²) in [5.41, 5.74) is 1.48. The smallest absolute Gasteiger partial charge is 0.251 e. The molecule has 0 aliphatic carbocycles. The van der Waals surface area contributed by atoms with E-state index in [2.05, 4.69) is 33.0 Å². The maximum atomic E-state index is 13.1. The zero-order valence-corrected chi connectivity index (χ0v) is 20.7. The number of nitrogens with zero attached hydrogens (tertiary/aromatic N) is 1. The van der Waals surface area contributed by atoms with Crippen LogP contribution in [0.25, 0.3) is 0 Å². The van der Waals surface area contributed by atoms with Crippen molar-refractivity contribution in [1.29, 1.82) is 0 Å². The first-order valence-electron chi connectivity index (χ1n) is 11.7. The van der Waals surface area contributed by atoms with Crippen molar-refractivity contribution in [2.24, 2.45) is 5.92 Å². The third-order valence-corrected chi connectivity index (χ3v) is 7.36. The molecule has 34 heavy (non-hydrogen) atoms. The molecule has 1 fully saturated rings. The summed E-state index contributed by atoms with van der Waals surface area (Å²) in [6, 6.07) is 20.1. The number of halogens is 1. The number of rotatable bonds is 9. The van der Waals surface area contributed by atoms with Crippen LogP contribution in [-0.4, -0.2) is 42.4 Å². The van der Waals surface area contributed by atoms with Crippen LogP contribution in [0.15, 0.2) is 72.1 Å². The summed E-state index contributed by atoms with van der Waals surface area (Å²) < 4.78 is 0. The Hall–Kier alpha value is -2.67. The number of hydrogen-bond acceptors (Lipinski definition) is 4. The highest BCUT2D eigenvalue weighted by molar-refractivity contribution is 7.09. The van der Waals surface area contributed by atoms with Gasteiger partial charge in [0.25, 0.3) is 5.91 Å². The number of nitrogens with one attached hydrogen (secondary N) is 2. The molecule has 1 aliphatic heterocycles. The van der Waals surface area contributed by atoms with E-state index in [0.29, 0.717) is 29.5 Å². The molecule has 0 bridgehead atoms. The van der Waals surface area contributed by atoms with E-state index in [4.69, 9.17) is 11.6 Å². The lowest BCUT2D eigenvalue weighted by Gasteiger charge is -2.32. The van der Waals surface area contributed by atoms with Gasteiger partial charge in [-0.2, -0.15) is 0 Å². The van der Waals surface area contributed by atoms with Gasteiger partial charge in [0.1, 0.15) is 6.04 Å². The maximum absolute atomic E-state index is 13.1. The zero-order valence-electron chi connectivity index (χ0n) is 19.1. The molecule has 5 nitrogen and oxygen atoms in total. The van der Waals surface area contributed by atoms with Crippen LogP contribution in [0.3, 0.4) is 0 Å². The molecule has 7 heteroatoms. The van der Waals surface area contributed by atoms with E-state index in [1.807, 2.05) is 30.3 Å². The quantitative estimate of drug-likeness (QED) is 0.449. The second-order valence-corrected chi connectivity index (χ2v) is 10.2. The first-order chi connectivity index (χ1) is 16.6. The van der Waals surface area contributed by atoms with Crippen molar-refractivity contribution in [3.63, 3.8) is 0 Å². The van der Waals surface area contributed by atoms with Crippen LogP contribution in [0.1, 0.15) is 33.6 Å². The minimum absolute atomic E-state index is 0.146. The molecule has 178 valence electrons.